The lowest BCUT2D eigenvalue weighted by molar-refractivity contribution is 0.461. The van der Waals surface area contributed by atoms with Gasteiger partial charge in [-0.1, -0.05) is 26.0 Å². The second-order valence-electron chi connectivity index (χ2n) is 4.82. The largest absolute Gasteiger partial charge is 0.506 e. The Balaban J connectivity index is 2.37. The van der Waals surface area contributed by atoms with E-state index < -0.39 is 0 Å². The molecule has 1 aliphatic rings. The first kappa shape index (κ1) is 11.0. The summed E-state index contributed by atoms with van der Waals surface area (Å²) in [4.78, 5) is 0. The Hall–Kier alpha value is -0.540. The van der Waals surface area contributed by atoms with E-state index in [1.807, 2.05) is 18.2 Å². The Morgan fingerprint density at radius 2 is 2.13 bits per heavy atom. The molecule has 0 bridgehead atoms. The molecule has 0 spiro atoms. The SMILES string of the molecule is CC1(C)[C@@H](CN)[C@@H]1c1cccc(Br)c1O. The molecule has 0 saturated heterocycles. The van der Waals surface area contributed by atoms with E-state index in [1.54, 1.807) is 0 Å². The van der Waals surface area contributed by atoms with E-state index in [0.717, 1.165) is 10.0 Å². The highest BCUT2D eigenvalue weighted by molar-refractivity contribution is 9.10. The van der Waals surface area contributed by atoms with Crippen molar-refractivity contribution in [1.82, 2.24) is 0 Å². The monoisotopic (exact) mass is 269 g/mol. The van der Waals surface area contributed by atoms with Gasteiger partial charge in [0, 0.05) is 0 Å². The van der Waals surface area contributed by atoms with Crippen LogP contribution < -0.4 is 5.73 Å². The molecule has 0 amide bonds. The van der Waals surface area contributed by atoms with E-state index in [2.05, 4.69) is 29.8 Å². The Morgan fingerprint density at radius 3 is 2.67 bits per heavy atom. The number of phenols is 1. The molecule has 2 atom stereocenters. The van der Waals surface area contributed by atoms with Crippen LogP contribution in [0.3, 0.4) is 0 Å². The molecule has 82 valence electrons. The number of rotatable bonds is 2. The molecular weight excluding hydrogens is 254 g/mol. The van der Waals surface area contributed by atoms with E-state index in [-0.39, 0.29) is 5.41 Å². The van der Waals surface area contributed by atoms with Gasteiger partial charge in [-0.2, -0.15) is 0 Å². The van der Waals surface area contributed by atoms with Crippen LogP contribution in [-0.2, 0) is 0 Å². The molecule has 0 aromatic heterocycles. The van der Waals surface area contributed by atoms with Gasteiger partial charge in [-0.3, -0.25) is 0 Å². The minimum Gasteiger partial charge on any atom is -0.506 e. The van der Waals surface area contributed by atoms with Crippen LogP contribution in [0.5, 0.6) is 5.75 Å². The number of para-hydroxylation sites is 1. The maximum absolute atomic E-state index is 9.97. The lowest BCUT2D eigenvalue weighted by Crippen LogP contribution is -2.05. The van der Waals surface area contributed by atoms with Crippen LogP contribution in [0.25, 0.3) is 0 Å². The average Bonchev–Trinajstić information content (AvgIpc) is 2.73. The highest BCUT2D eigenvalue weighted by Gasteiger charge is 2.58. The third kappa shape index (κ3) is 1.58. The van der Waals surface area contributed by atoms with Crippen LogP contribution >= 0.6 is 15.9 Å². The molecule has 1 aliphatic carbocycles. The van der Waals surface area contributed by atoms with Crippen molar-refractivity contribution in [2.45, 2.75) is 19.8 Å². The van der Waals surface area contributed by atoms with E-state index in [0.29, 0.717) is 24.1 Å². The molecule has 0 unspecified atom stereocenters. The molecule has 3 heteroatoms. The van der Waals surface area contributed by atoms with Crippen molar-refractivity contribution in [2.75, 3.05) is 6.54 Å². The second kappa shape index (κ2) is 3.49. The summed E-state index contributed by atoms with van der Waals surface area (Å²) in [6, 6.07) is 5.80. The maximum Gasteiger partial charge on any atom is 0.133 e. The Bertz CT molecular complexity index is 389. The summed E-state index contributed by atoms with van der Waals surface area (Å²) in [5.41, 5.74) is 6.97. The second-order valence-corrected chi connectivity index (χ2v) is 5.67. The topological polar surface area (TPSA) is 46.2 Å². The van der Waals surface area contributed by atoms with Crippen molar-refractivity contribution in [3.8, 4) is 5.75 Å². The number of benzene rings is 1. The summed E-state index contributed by atoms with van der Waals surface area (Å²) < 4.78 is 0.762. The van der Waals surface area contributed by atoms with E-state index in [1.165, 1.54) is 0 Å². The molecule has 1 aromatic rings. The molecule has 15 heavy (non-hydrogen) atoms. The summed E-state index contributed by atoms with van der Waals surface area (Å²) in [6.07, 6.45) is 0. The van der Waals surface area contributed by atoms with Crippen LogP contribution in [0.15, 0.2) is 22.7 Å². The average molecular weight is 270 g/mol. The fourth-order valence-corrected chi connectivity index (χ4v) is 2.97. The van der Waals surface area contributed by atoms with Gasteiger partial charge in [-0.15, -0.1) is 0 Å². The first-order chi connectivity index (χ1) is 7.00. The number of hydrogen-bond donors (Lipinski definition) is 2. The Kier molecular flexibility index (Phi) is 2.55. The van der Waals surface area contributed by atoms with Gasteiger partial charge in [0.2, 0.25) is 0 Å². The molecule has 2 rings (SSSR count). The summed E-state index contributed by atoms with van der Waals surface area (Å²) in [6.45, 7) is 5.09. The minimum absolute atomic E-state index is 0.215. The van der Waals surface area contributed by atoms with E-state index in [9.17, 15) is 5.11 Å². The molecule has 1 fully saturated rings. The number of phenolic OH excluding ortho intramolecular Hbond substituents is 1. The van der Waals surface area contributed by atoms with Gasteiger partial charge >= 0.3 is 0 Å². The van der Waals surface area contributed by atoms with Crippen molar-refractivity contribution in [2.24, 2.45) is 17.1 Å². The standard InChI is InChI=1S/C12H16BrNO/c1-12(2)8(6-14)10(12)7-4-3-5-9(13)11(7)15/h3-5,8,10,15H,6,14H2,1-2H3/t8-,10-/m0/s1. The number of halogens is 1. The molecule has 0 aliphatic heterocycles. The number of nitrogens with two attached hydrogens (primary N) is 1. The predicted molar refractivity (Wildman–Crippen MR) is 64.9 cm³/mol. The lowest BCUT2D eigenvalue weighted by Gasteiger charge is -2.07. The summed E-state index contributed by atoms with van der Waals surface area (Å²) in [5, 5.41) is 9.97. The van der Waals surface area contributed by atoms with Crippen LogP contribution in [0.2, 0.25) is 0 Å². The molecule has 1 aromatic carbocycles. The van der Waals surface area contributed by atoms with Crippen molar-refractivity contribution in [3.05, 3.63) is 28.2 Å². The summed E-state index contributed by atoms with van der Waals surface area (Å²) in [7, 11) is 0. The maximum atomic E-state index is 9.97. The molecular formula is C12H16BrNO. The van der Waals surface area contributed by atoms with Crippen LogP contribution in [0, 0.1) is 11.3 Å². The summed E-state index contributed by atoms with van der Waals surface area (Å²) in [5.74, 6) is 1.24. The molecule has 0 radical (unpaired) electrons. The molecule has 0 heterocycles. The van der Waals surface area contributed by atoms with Crippen LogP contribution in [0.4, 0.5) is 0 Å². The number of hydrogen-bond acceptors (Lipinski definition) is 2. The van der Waals surface area contributed by atoms with Crippen LogP contribution in [-0.4, -0.2) is 11.7 Å². The highest BCUT2D eigenvalue weighted by atomic mass is 79.9. The third-order valence-electron chi connectivity index (χ3n) is 3.66. The number of aromatic hydroxyl groups is 1. The Morgan fingerprint density at radius 1 is 1.47 bits per heavy atom. The van der Waals surface area contributed by atoms with E-state index >= 15 is 0 Å². The van der Waals surface area contributed by atoms with Gasteiger partial charge in [-0.05, 0) is 51.4 Å². The van der Waals surface area contributed by atoms with Crippen molar-refractivity contribution >= 4 is 15.9 Å². The van der Waals surface area contributed by atoms with Crippen molar-refractivity contribution in [3.63, 3.8) is 0 Å². The van der Waals surface area contributed by atoms with Gasteiger partial charge in [0.15, 0.2) is 0 Å². The van der Waals surface area contributed by atoms with Crippen molar-refractivity contribution in [1.29, 1.82) is 0 Å². The third-order valence-corrected chi connectivity index (χ3v) is 4.30. The van der Waals surface area contributed by atoms with Gasteiger partial charge in [0.05, 0.1) is 4.47 Å². The van der Waals surface area contributed by atoms with E-state index in [4.69, 9.17) is 5.73 Å². The molecule has 1 saturated carbocycles. The van der Waals surface area contributed by atoms with Gasteiger partial charge in [-0.25, -0.2) is 0 Å². The quantitative estimate of drug-likeness (QED) is 0.868. The normalized spacial score (nSPS) is 27.7. The zero-order valence-corrected chi connectivity index (χ0v) is 10.6. The molecule has 2 nitrogen and oxygen atoms in total. The minimum atomic E-state index is 0.215. The highest BCUT2D eigenvalue weighted by Crippen LogP contribution is 2.65. The summed E-state index contributed by atoms with van der Waals surface area (Å²) >= 11 is 3.34. The predicted octanol–water partition coefficient (Wildman–Crippen LogP) is 2.85. The van der Waals surface area contributed by atoms with Gasteiger partial charge < -0.3 is 10.8 Å². The molecule has 3 N–H and O–H groups in total. The first-order valence-electron chi connectivity index (χ1n) is 5.17. The van der Waals surface area contributed by atoms with Gasteiger partial charge in [0.1, 0.15) is 5.75 Å². The zero-order chi connectivity index (χ0) is 11.2. The Labute approximate surface area is 98.6 Å². The van der Waals surface area contributed by atoms with Crippen molar-refractivity contribution < 1.29 is 5.11 Å². The van der Waals surface area contributed by atoms with Gasteiger partial charge in [0.25, 0.3) is 0 Å². The zero-order valence-electron chi connectivity index (χ0n) is 9.00. The smallest absolute Gasteiger partial charge is 0.133 e. The van der Waals surface area contributed by atoms with Crippen LogP contribution in [0.1, 0.15) is 25.3 Å². The first-order valence-corrected chi connectivity index (χ1v) is 5.97. The fraction of sp³-hybridized carbons (Fsp3) is 0.500. The lowest BCUT2D eigenvalue weighted by atomic mass is 10.0. The fourth-order valence-electron chi connectivity index (χ4n) is 2.58.